The van der Waals surface area contributed by atoms with E-state index in [-0.39, 0.29) is 11.8 Å². The summed E-state index contributed by atoms with van der Waals surface area (Å²) in [5, 5.41) is 7.46. The van der Waals surface area contributed by atoms with Gasteiger partial charge in [0.1, 0.15) is 9.84 Å². The van der Waals surface area contributed by atoms with Gasteiger partial charge < -0.3 is 5.32 Å². The van der Waals surface area contributed by atoms with Gasteiger partial charge in [-0.1, -0.05) is 0 Å². The van der Waals surface area contributed by atoms with Crippen LogP contribution in [0.3, 0.4) is 0 Å². The molecule has 0 radical (unpaired) electrons. The van der Waals surface area contributed by atoms with Crippen LogP contribution in [0.25, 0.3) is 0 Å². The first kappa shape index (κ1) is 15.7. The van der Waals surface area contributed by atoms with Crippen molar-refractivity contribution in [2.75, 3.05) is 19.1 Å². The Morgan fingerprint density at radius 1 is 1.50 bits per heavy atom. The van der Waals surface area contributed by atoms with Gasteiger partial charge in [-0.05, 0) is 36.8 Å². The molecule has 104 valence electrons. The van der Waals surface area contributed by atoms with Gasteiger partial charge in [-0.2, -0.15) is 5.10 Å². The molecule has 1 N–H and O–H groups in total. The first-order valence-electron chi connectivity index (χ1n) is 5.85. The topological polar surface area (TPSA) is 64.0 Å². The van der Waals surface area contributed by atoms with Crippen molar-refractivity contribution in [3.05, 3.63) is 15.9 Å². The van der Waals surface area contributed by atoms with Gasteiger partial charge in [0, 0.05) is 25.3 Å². The Bertz CT molecular complexity index is 511. The molecular weight excluding hydrogens is 318 g/mol. The molecule has 1 aromatic heterocycles. The summed E-state index contributed by atoms with van der Waals surface area (Å²) < 4.78 is 25.6. The fraction of sp³-hybridized carbons (Fsp3) is 0.727. The zero-order valence-electron chi connectivity index (χ0n) is 11.2. The van der Waals surface area contributed by atoms with Crippen LogP contribution >= 0.6 is 15.9 Å². The van der Waals surface area contributed by atoms with E-state index in [9.17, 15) is 8.42 Å². The van der Waals surface area contributed by atoms with Crippen molar-refractivity contribution < 1.29 is 8.42 Å². The molecule has 0 aliphatic heterocycles. The standard InChI is InChI=1S/C11H20BrN3O2S/c1-5-15-10(11(12)8(2)14-15)6-9(13-3)7-18(4,16)17/h9,13H,5-7H2,1-4H3. The Morgan fingerprint density at radius 3 is 2.56 bits per heavy atom. The summed E-state index contributed by atoms with van der Waals surface area (Å²) in [6.07, 6.45) is 1.90. The van der Waals surface area contributed by atoms with Crippen LogP contribution in [0.5, 0.6) is 0 Å². The monoisotopic (exact) mass is 337 g/mol. The van der Waals surface area contributed by atoms with E-state index in [0.29, 0.717) is 6.42 Å². The van der Waals surface area contributed by atoms with Crippen molar-refractivity contribution in [2.24, 2.45) is 0 Å². The number of sulfone groups is 1. The highest BCUT2D eigenvalue weighted by Gasteiger charge is 2.19. The van der Waals surface area contributed by atoms with Gasteiger partial charge in [-0.3, -0.25) is 4.68 Å². The largest absolute Gasteiger partial charge is 0.316 e. The first-order valence-corrected chi connectivity index (χ1v) is 8.70. The molecule has 1 unspecified atom stereocenters. The molecule has 0 saturated heterocycles. The average Bonchev–Trinajstić information content (AvgIpc) is 2.53. The first-order chi connectivity index (χ1) is 8.28. The molecule has 1 aromatic rings. The highest BCUT2D eigenvalue weighted by atomic mass is 79.9. The van der Waals surface area contributed by atoms with Crippen LogP contribution in [-0.4, -0.2) is 43.3 Å². The van der Waals surface area contributed by atoms with Crippen molar-refractivity contribution in [3.63, 3.8) is 0 Å². The lowest BCUT2D eigenvalue weighted by atomic mass is 10.2. The fourth-order valence-electron chi connectivity index (χ4n) is 1.91. The third-order valence-electron chi connectivity index (χ3n) is 2.80. The number of rotatable bonds is 6. The number of likely N-dealkylation sites (N-methyl/N-ethyl adjacent to an activating group) is 1. The summed E-state index contributed by atoms with van der Waals surface area (Å²) in [4.78, 5) is 0. The van der Waals surface area contributed by atoms with E-state index >= 15 is 0 Å². The van der Waals surface area contributed by atoms with Crippen LogP contribution in [0.4, 0.5) is 0 Å². The molecule has 0 aliphatic rings. The number of aryl methyl sites for hydroxylation is 2. The van der Waals surface area contributed by atoms with Crippen LogP contribution in [0.15, 0.2) is 4.47 Å². The summed E-state index contributed by atoms with van der Waals surface area (Å²) in [5.41, 5.74) is 1.97. The van der Waals surface area contributed by atoms with Gasteiger partial charge in [0.15, 0.2) is 0 Å². The van der Waals surface area contributed by atoms with Gasteiger partial charge in [0.05, 0.1) is 21.6 Å². The zero-order chi connectivity index (χ0) is 13.9. The Morgan fingerprint density at radius 2 is 2.11 bits per heavy atom. The highest BCUT2D eigenvalue weighted by Crippen LogP contribution is 2.22. The van der Waals surface area contributed by atoms with E-state index < -0.39 is 9.84 Å². The highest BCUT2D eigenvalue weighted by molar-refractivity contribution is 9.10. The van der Waals surface area contributed by atoms with Gasteiger partial charge in [0.2, 0.25) is 0 Å². The Labute approximate surface area is 117 Å². The summed E-state index contributed by atoms with van der Waals surface area (Å²) in [5.74, 6) is 0.129. The quantitative estimate of drug-likeness (QED) is 0.845. The van der Waals surface area contributed by atoms with E-state index in [1.165, 1.54) is 6.26 Å². The molecule has 0 aliphatic carbocycles. The number of aromatic nitrogens is 2. The second-order valence-corrected chi connectivity index (χ2v) is 7.42. The molecule has 1 rings (SSSR count). The lowest BCUT2D eigenvalue weighted by molar-refractivity contribution is 0.538. The number of hydrogen-bond acceptors (Lipinski definition) is 4. The van der Waals surface area contributed by atoms with Crippen molar-refractivity contribution in [1.82, 2.24) is 15.1 Å². The zero-order valence-corrected chi connectivity index (χ0v) is 13.6. The summed E-state index contributed by atoms with van der Waals surface area (Å²) in [7, 11) is -1.21. The molecule has 18 heavy (non-hydrogen) atoms. The number of nitrogens with zero attached hydrogens (tertiary/aromatic N) is 2. The van der Waals surface area contributed by atoms with Crippen LogP contribution in [0.2, 0.25) is 0 Å². The summed E-state index contributed by atoms with van der Waals surface area (Å²) >= 11 is 3.52. The van der Waals surface area contributed by atoms with Crippen LogP contribution in [0, 0.1) is 6.92 Å². The van der Waals surface area contributed by atoms with Gasteiger partial charge in [-0.25, -0.2) is 8.42 Å². The molecule has 5 nitrogen and oxygen atoms in total. The molecule has 0 amide bonds. The van der Waals surface area contributed by atoms with E-state index in [1.54, 1.807) is 7.05 Å². The number of hydrogen-bond donors (Lipinski definition) is 1. The predicted molar refractivity (Wildman–Crippen MR) is 76.6 cm³/mol. The molecule has 0 aromatic carbocycles. The van der Waals surface area contributed by atoms with Crippen LogP contribution in [0.1, 0.15) is 18.3 Å². The Kier molecular flexibility index (Phi) is 5.36. The number of halogens is 1. The lowest BCUT2D eigenvalue weighted by Crippen LogP contribution is -2.35. The summed E-state index contributed by atoms with van der Waals surface area (Å²) in [6, 6.07) is -0.0994. The van der Waals surface area contributed by atoms with Crippen molar-refractivity contribution in [2.45, 2.75) is 32.9 Å². The van der Waals surface area contributed by atoms with Crippen molar-refractivity contribution in [3.8, 4) is 0 Å². The number of nitrogens with one attached hydrogen (secondary N) is 1. The van der Waals surface area contributed by atoms with Gasteiger partial charge in [-0.15, -0.1) is 0 Å². The Balaban J connectivity index is 2.94. The third kappa shape index (κ3) is 4.07. The predicted octanol–water partition coefficient (Wildman–Crippen LogP) is 1.15. The molecule has 7 heteroatoms. The van der Waals surface area contributed by atoms with Gasteiger partial charge >= 0.3 is 0 Å². The maximum absolute atomic E-state index is 11.4. The summed E-state index contributed by atoms with van der Waals surface area (Å²) in [6.45, 7) is 4.73. The maximum Gasteiger partial charge on any atom is 0.148 e. The second kappa shape index (κ2) is 6.16. The fourth-order valence-corrected chi connectivity index (χ4v) is 3.37. The third-order valence-corrected chi connectivity index (χ3v) is 4.84. The SMILES string of the molecule is CCn1nc(C)c(Br)c1CC(CS(C)(=O)=O)NC. The molecular formula is C11H20BrN3O2S. The molecule has 0 saturated carbocycles. The maximum atomic E-state index is 11.4. The van der Waals surface area contributed by atoms with Crippen molar-refractivity contribution >= 4 is 25.8 Å². The van der Waals surface area contributed by atoms with E-state index in [2.05, 4.69) is 26.3 Å². The van der Waals surface area contributed by atoms with Gasteiger partial charge in [0.25, 0.3) is 0 Å². The molecule has 1 heterocycles. The molecule has 0 bridgehead atoms. The minimum atomic E-state index is -2.99. The minimum Gasteiger partial charge on any atom is -0.316 e. The minimum absolute atomic E-state index is 0.0994. The normalized spacial score (nSPS) is 13.8. The molecule has 0 fully saturated rings. The Hall–Kier alpha value is -0.400. The molecule has 1 atom stereocenters. The smallest absolute Gasteiger partial charge is 0.148 e. The van der Waals surface area contributed by atoms with E-state index in [0.717, 1.165) is 22.4 Å². The van der Waals surface area contributed by atoms with Crippen LogP contribution in [-0.2, 0) is 22.8 Å². The van der Waals surface area contributed by atoms with Crippen LogP contribution < -0.4 is 5.32 Å². The second-order valence-electron chi connectivity index (χ2n) is 4.44. The van der Waals surface area contributed by atoms with Crippen molar-refractivity contribution in [1.29, 1.82) is 0 Å². The lowest BCUT2D eigenvalue weighted by Gasteiger charge is -2.16. The van der Waals surface area contributed by atoms with E-state index in [4.69, 9.17) is 0 Å². The molecule has 0 spiro atoms. The average molecular weight is 338 g/mol. The van der Waals surface area contributed by atoms with E-state index in [1.807, 2.05) is 18.5 Å².